The normalized spacial score (nSPS) is 20.9. The van der Waals surface area contributed by atoms with Gasteiger partial charge in [-0.3, -0.25) is 4.79 Å². The lowest BCUT2D eigenvalue weighted by molar-refractivity contribution is -0.127. The number of ether oxygens (including phenoxy) is 1. The number of benzene rings is 1. The lowest BCUT2D eigenvalue weighted by Gasteiger charge is -2.21. The van der Waals surface area contributed by atoms with E-state index in [1.807, 2.05) is 0 Å². The Kier molecular flexibility index (Phi) is 3.72. The molecular weight excluding hydrogens is 247 g/mol. The first kappa shape index (κ1) is 11.7. The van der Waals surface area contributed by atoms with Crippen molar-refractivity contribution < 1.29 is 9.53 Å². The Morgan fingerprint density at radius 1 is 1.19 bits per heavy atom. The van der Waals surface area contributed by atoms with Crippen LogP contribution >= 0.6 is 23.2 Å². The number of rotatable bonds is 2. The number of carbonyl (C=O) groups excluding carboxylic acids is 1. The number of hydrogen-bond donors (Lipinski definition) is 0. The minimum atomic E-state index is -0.314. The average Bonchev–Trinajstić information content (AvgIpc) is 2.27. The fraction of sp³-hybridized carbons (Fsp3) is 0.417. The van der Waals surface area contributed by atoms with E-state index in [1.165, 1.54) is 0 Å². The molecule has 2 nitrogen and oxygen atoms in total. The van der Waals surface area contributed by atoms with Crippen molar-refractivity contribution in [1.29, 1.82) is 0 Å². The molecule has 0 spiro atoms. The van der Waals surface area contributed by atoms with Crippen LogP contribution in [0.4, 0.5) is 0 Å². The number of carbonyl (C=O) groups is 1. The van der Waals surface area contributed by atoms with Crippen LogP contribution in [0.25, 0.3) is 0 Å². The second-order valence-electron chi connectivity index (χ2n) is 3.89. The lowest BCUT2D eigenvalue weighted by Crippen LogP contribution is -2.30. The van der Waals surface area contributed by atoms with E-state index in [0.717, 1.165) is 19.3 Å². The van der Waals surface area contributed by atoms with Crippen molar-refractivity contribution >= 4 is 29.0 Å². The van der Waals surface area contributed by atoms with Crippen LogP contribution in [0.2, 0.25) is 10.0 Å². The lowest BCUT2D eigenvalue weighted by atomic mass is 9.96. The van der Waals surface area contributed by atoms with Crippen molar-refractivity contribution in [3.8, 4) is 5.75 Å². The Morgan fingerprint density at radius 3 is 2.69 bits per heavy atom. The Hall–Kier alpha value is -0.730. The molecule has 1 saturated carbocycles. The van der Waals surface area contributed by atoms with Gasteiger partial charge in [-0.25, -0.2) is 0 Å². The van der Waals surface area contributed by atoms with Crippen molar-refractivity contribution in [3.05, 3.63) is 28.2 Å². The Bertz CT molecular complexity index is 404. The first-order valence-corrected chi connectivity index (χ1v) is 6.07. The Labute approximate surface area is 104 Å². The molecule has 86 valence electrons. The van der Waals surface area contributed by atoms with Gasteiger partial charge in [0.05, 0.1) is 10.0 Å². The third-order valence-electron chi connectivity index (χ3n) is 2.67. The standard InChI is InChI=1S/C12H12Cl2O2/c13-9-6-5-8(7-10(9)14)16-12-4-2-1-3-11(12)15/h5-7,12H,1-4H2. The highest BCUT2D eigenvalue weighted by Gasteiger charge is 2.23. The molecule has 0 bridgehead atoms. The molecule has 0 aliphatic heterocycles. The molecule has 16 heavy (non-hydrogen) atoms. The van der Waals surface area contributed by atoms with Crippen LogP contribution in [0.3, 0.4) is 0 Å². The fourth-order valence-electron chi connectivity index (χ4n) is 1.79. The zero-order valence-corrected chi connectivity index (χ0v) is 10.2. The molecule has 0 radical (unpaired) electrons. The highest BCUT2D eigenvalue weighted by molar-refractivity contribution is 6.42. The summed E-state index contributed by atoms with van der Waals surface area (Å²) in [5, 5.41) is 0.936. The first-order valence-electron chi connectivity index (χ1n) is 5.31. The average molecular weight is 259 g/mol. The quantitative estimate of drug-likeness (QED) is 0.805. The maximum atomic E-state index is 11.6. The van der Waals surface area contributed by atoms with Gasteiger partial charge in [-0.05, 0) is 31.4 Å². The van der Waals surface area contributed by atoms with Gasteiger partial charge in [0.1, 0.15) is 5.75 Å². The van der Waals surface area contributed by atoms with Gasteiger partial charge in [0, 0.05) is 12.5 Å². The van der Waals surface area contributed by atoms with E-state index in [1.54, 1.807) is 18.2 Å². The van der Waals surface area contributed by atoms with Crippen molar-refractivity contribution in [2.45, 2.75) is 31.8 Å². The van der Waals surface area contributed by atoms with Crippen LogP contribution in [-0.4, -0.2) is 11.9 Å². The smallest absolute Gasteiger partial charge is 0.173 e. The summed E-state index contributed by atoms with van der Waals surface area (Å²) in [6.45, 7) is 0. The zero-order chi connectivity index (χ0) is 11.5. The number of ketones is 1. The van der Waals surface area contributed by atoms with Gasteiger partial charge < -0.3 is 4.74 Å². The first-order chi connectivity index (χ1) is 7.66. The van der Waals surface area contributed by atoms with Crippen molar-refractivity contribution in [2.24, 2.45) is 0 Å². The predicted molar refractivity (Wildman–Crippen MR) is 64.4 cm³/mol. The van der Waals surface area contributed by atoms with Gasteiger partial charge in [-0.1, -0.05) is 23.2 Å². The van der Waals surface area contributed by atoms with Gasteiger partial charge >= 0.3 is 0 Å². The minimum absolute atomic E-state index is 0.178. The molecule has 1 aromatic rings. The monoisotopic (exact) mass is 258 g/mol. The molecule has 0 N–H and O–H groups in total. The van der Waals surface area contributed by atoms with Crippen LogP contribution in [-0.2, 0) is 4.79 Å². The number of hydrogen-bond acceptors (Lipinski definition) is 2. The molecule has 1 atom stereocenters. The molecular formula is C12H12Cl2O2. The van der Waals surface area contributed by atoms with Crippen LogP contribution in [0, 0.1) is 0 Å². The number of Topliss-reactive ketones (excluding diaryl/α,β-unsaturated/α-hetero) is 1. The van der Waals surface area contributed by atoms with E-state index in [2.05, 4.69) is 0 Å². The second-order valence-corrected chi connectivity index (χ2v) is 4.71. The molecule has 1 aliphatic carbocycles. The van der Waals surface area contributed by atoms with Crippen molar-refractivity contribution in [3.63, 3.8) is 0 Å². The van der Waals surface area contributed by atoms with E-state index < -0.39 is 0 Å². The molecule has 1 fully saturated rings. The van der Waals surface area contributed by atoms with Crippen LogP contribution in [0.15, 0.2) is 18.2 Å². The van der Waals surface area contributed by atoms with E-state index in [0.29, 0.717) is 22.2 Å². The van der Waals surface area contributed by atoms with Gasteiger partial charge in [0.15, 0.2) is 11.9 Å². The van der Waals surface area contributed by atoms with E-state index >= 15 is 0 Å². The molecule has 0 saturated heterocycles. The highest BCUT2D eigenvalue weighted by Crippen LogP contribution is 2.28. The van der Waals surface area contributed by atoms with Crippen LogP contribution in [0.5, 0.6) is 5.75 Å². The van der Waals surface area contributed by atoms with E-state index in [4.69, 9.17) is 27.9 Å². The minimum Gasteiger partial charge on any atom is -0.483 e. The Morgan fingerprint density at radius 2 is 2.00 bits per heavy atom. The third kappa shape index (κ3) is 2.69. The summed E-state index contributed by atoms with van der Waals surface area (Å²) in [7, 11) is 0. The maximum Gasteiger partial charge on any atom is 0.173 e. The summed E-state index contributed by atoms with van der Waals surface area (Å²) in [5.74, 6) is 0.784. The largest absolute Gasteiger partial charge is 0.483 e. The van der Waals surface area contributed by atoms with Gasteiger partial charge in [0.2, 0.25) is 0 Å². The van der Waals surface area contributed by atoms with Crippen LogP contribution in [0.1, 0.15) is 25.7 Å². The number of halogens is 2. The molecule has 2 rings (SSSR count). The van der Waals surface area contributed by atoms with Crippen LogP contribution < -0.4 is 4.74 Å². The van der Waals surface area contributed by atoms with Crippen molar-refractivity contribution in [2.75, 3.05) is 0 Å². The molecule has 1 aliphatic rings. The zero-order valence-electron chi connectivity index (χ0n) is 8.71. The summed E-state index contributed by atoms with van der Waals surface area (Å²) in [6.07, 6.45) is 3.11. The van der Waals surface area contributed by atoms with Gasteiger partial charge in [-0.2, -0.15) is 0 Å². The molecule has 1 aromatic carbocycles. The third-order valence-corrected chi connectivity index (χ3v) is 3.41. The maximum absolute atomic E-state index is 11.6. The van der Waals surface area contributed by atoms with Gasteiger partial charge in [-0.15, -0.1) is 0 Å². The summed E-state index contributed by atoms with van der Waals surface area (Å²) in [6, 6.07) is 5.05. The van der Waals surface area contributed by atoms with Gasteiger partial charge in [0.25, 0.3) is 0 Å². The molecule has 4 heteroatoms. The van der Waals surface area contributed by atoms with E-state index in [9.17, 15) is 4.79 Å². The highest BCUT2D eigenvalue weighted by atomic mass is 35.5. The second kappa shape index (κ2) is 5.07. The SMILES string of the molecule is O=C1CCCCC1Oc1ccc(Cl)c(Cl)c1. The Balaban J connectivity index is 2.08. The molecule has 1 unspecified atom stereocenters. The fourth-order valence-corrected chi connectivity index (χ4v) is 2.08. The predicted octanol–water partition coefficient (Wildman–Crippen LogP) is 3.88. The summed E-state index contributed by atoms with van der Waals surface area (Å²) >= 11 is 11.7. The summed E-state index contributed by atoms with van der Waals surface area (Å²) < 4.78 is 5.61. The van der Waals surface area contributed by atoms with Crippen molar-refractivity contribution in [1.82, 2.24) is 0 Å². The molecule has 0 amide bonds. The summed E-state index contributed by atoms with van der Waals surface area (Å²) in [4.78, 5) is 11.6. The molecule has 0 aromatic heterocycles. The molecule has 0 heterocycles. The topological polar surface area (TPSA) is 26.3 Å². The van der Waals surface area contributed by atoms with E-state index in [-0.39, 0.29) is 11.9 Å². The summed E-state index contributed by atoms with van der Waals surface area (Å²) in [5.41, 5.74) is 0.